The van der Waals surface area contributed by atoms with Crippen molar-refractivity contribution in [3.63, 3.8) is 0 Å². The molecule has 0 aliphatic rings. The van der Waals surface area contributed by atoms with E-state index in [1.807, 2.05) is 30.3 Å². The molecule has 0 spiro atoms. The van der Waals surface area contributed by atoms with Crippen LogP contribution in [0.5, 0.6) is 0 Å². The maximum absolute atomic E-state index is 10.4. The lowest BCUT2D eigenvalue weighted by atomic mass is 10.2. The minimum Gasteiger partial charge on any atom is -0.387 e. The summed E-state index contributed by atoms with van der Waals surface area (Å²) in [5.41, 5.74) is 1.06. The average molecular weight is 213 g/mol. The lowest BCUT2D eigenvalue weighted by molar-refractivity contribution is 0.386. The van der Waals surface area contributed by atoms with Crippen LogP contribution < -0.4 is 5.32 Å². The quantitative estimate of drug-likeness (QED) is 0.661. The Morgan fingerprint density at radius 3 is 2.50 bits per heavy atom. The first-order valence-corrected chi connectivity index (χ1v) is 5.76. The molecule has 0 aromatic heterocycles. The molecule has 0 heterocycles. The van der Waals surface area contributed by atoms with Crippen molar-refractivity contribution < 1.29 is 14.4 Å². The molecule has 5 heteroatoms. The summed E-state index contributed by atoms with van der Waals surface area (Å²) in [6.45, 7) is 0.553. The van der Waals surface area contributed by atoms with E-state index >= 15 is 0 Å². The Kier molecular flexibility index (Phi) is 3.89. The Morgan fingerprint density at radius 1 is 1.29 bits per heavy atom. The number of benzene rings is 1. The summed E-state index contributed by atoms with van der Waals surface area (Å²) in [7, 11) is -4.03. The molecule has 0 atom stereocenters. The van der Waals surface area contributed by atoms with E-state index in [1.54, 1.807) is 0 Å². The Bertz CT molecular complexity index is 344. The SMILES string of the molecule is O=P(O)(O)/C=C/NCc1ccccc1. The molecule has 0 amide bonds. The molecule has 1 aromatic carbocycles. The van der Waals surface area contributed by atoms with Crippen LogP contribution in [-0.2, 0) is 11.1 Å². The van der Waals surface area contributed by atoms with E-state index in [1.165, 1.54) is 6.20 Å². The molecular weight excluding hydrogens is 201 g/mol. The monoisotopic (exact) mass is 213 g/mol. The number of rotatable bonds is 4. The third-order valence-electron chi connectivity index (χ3n) is 1.54. The highest BCUT2D eigenvalue weighted by atomic mass is 31.2. The second-order valence-electron chi connectivity index (χ2n) is 2.77. The fourth-order valence-corrected chi connectivity index (χ4v) is 1.22. The maximum atomic E-state index is 10.4. The molecule has 3 N–H and O–H groups in total. The van der Waals surface area contributed by atoms with Crippen LogP contribution in [0.4, 0.5) is 0 Å². The van der Waals surface area contributed by atoms with Crippen LogP contribution in [-0.4, -0.2) is 9.79 Å². The molecule has 0 radical (unpaired) electrons. The van der Waals surface area contributed by atoms with Crippen molar-refractivity contribution in [1.82, 2.24) is 5.32 Å². The summed E-state index contributed by atoms with van der Waals surface area (Å²) in [5.74, 6) is 0.843. The van der Waals surface area contributed by atoms with Crippen LogP contribution >= 0.6 is 7.60 Å². The zero-order chi connectivity index (χ0) is 10.4. The normalized spacial score (nSPS) is 11.9. The van der Waals surface area contributed by atoms with Gasteiger partial charge in [0.25, 0.3) is 0 Å². The zero-order valence-corrected chi connectivity index (χ0v) is 8.39. The van der Waals surface area contributed by atoms with E-state index in [9.17, 15) is 4.57 Å². The van der Waals surface area contributed by atoms with Gasteiger partial charge in [0.1, 0.15) is 0 Å². The molecule has 14 heavy (non-hydrogen) atoms. The molecular formula is C9H12NO3P. The highest BCUT2D eigenvalue weighted by Gasteiger charge is 2.04. The van der Waals surface area contributed by atoms with Gasteiger partial charge in [0.2, 0.25) is 0 Å². The van der Waals surface area contributed by atoms with E-state index in [-0.39, 0.29) is 0 Å². The van der Waals surface area contributed by atoms with Crippen LogP contribution in [0, 0.1) is 0 Å². The lowest BCUT2D eigenvalue weighted by Crippen LogP contribution is -2.03. The lowest BCUT2D eigenvalue weighted by Gasteiger charge is -2.00. The first-order chi connectivity index (χ1) is 6.58. The number of hydrogen-bond acceptors (Lipinski definition) is 2. The second-order valence-corrected chi connectivity index (χ2v) is 4.25. The van der Waals surface area contributed by atoms with Gasteiger partial charge in [-0.2, -0.15) is 0 Å². The van der Waals surface area contributed by atoms with Gasteiger partial charge in [-0.1, -0.05) is 30.3 Å². The van der Waals surface area contributed by atoms with Gasteiger partial charge in [-0.05, 0) is 5.56 Å². The first kappa shape index (κ1) is 11.0. The molecule has 76 valence electrons. The van der Waals surface area contributed by atoms with E-state index in [4.69, 9.17) is 9.79 Å². The summed E-state index contributed by atoms with van der Waals surface area (Å²) in [6.07, 6.45) is 1.27. The Hall–Kier alpha value is -1.09. The van der Waals surface area contributed by atoms with Gasteiger partial charge in [-0.3, -0.25) is 4.57 Å². The third kappa shape index (κ3) is 4.82. The van der Waals surface area contributed by atoms with Crippen LogP contribution in [0.1, 0.15) is 5.56 Å². The first-order valence-electron chi connectivity index (χ1n) is 4.08. The molecule has 1 rings (SSSR count). The van der Waals surface area contributed by atoms with Crippen molar-refractivity contribution in [2.24, 2.45) is 0 Å². The van der Waals surface area contributed by atoms with Crippen LogP contribution in [0.25, 0.3) is 0 Å². The largest absolute Gasteiger partial charge is 0.387 e. The van der Waals surface area contributed by atoms with Crippen LogP contribution in [0.15, 0.2) is 42.3 Å². The summed E-state index contributed by atoms with van der Waals surface area (Å²) in [6, 6.07) is 9.58. The predicted octanol–water partition coefficient (Wildman–Crippen LogP) is 1.43. The van der Waals surface area contributed by atoms with E-state index in [0.717, 1.165) is 11.4 Å². The molecule has 0 bridgehead atoms. The number of hydrogen-bond donors (Lipinski definition) is 3. The summed E-state index contributed by atoms with van der Waals surface area (Å²) in [5, 5.41) is 2.79. The Balaban J connectivity index is 2.36. The molecule has 0 aliphatic heterocycles. The van der Waals surface area contributed by atoms with Crippen molar-refractivity contribution in [3.05, 3.63) is 47.9 Å². The maximum Gasteiger partial charge on any atom is 0.350 e. The Labute approximate surface area is 82.4 Å². The predicted molar refractivity (Wildman–Crippen MR) is 54.5 cm³/mol. The standard InChI is InChI=1S/C9H12NO3P/c11-14(12,13)7-6-10-8-9-4-2-1-3-5-9/h1-7,10H,8H2,(H2,11,12,13)/b7-6+. The Morgan fingerprint density at radius 2 is 1.93 bits per heavy atom. The van der Waals surface area contributed by atoms with Gasteiger partial charge in [-0.15, -0.1) is 0 Å². The smallest absolute Gasteiger partial charge is 0.350 e. The van der Waals surface area contributed by atoms with Gasteiger partial charge < -0.3 is 15.1 Å². The van der Waals surface area contributed by atoms with Gasteiger partial charge in [-0.25, -0.2) is 0 Å². The minimum atomic E-state index is -4.03. The molecule has 1 aromatic rings. The fraction of sp³-hybridized carbons (Fsp3) is 0.111. The van der Waals surface area contributed by atoms with E-state index in [0.29, 0.717) is 6.54 Å². The van der Waals surface area contributed by atoms with Crippen molar-refractivity contribution in [1.29, 1.82) is 0 Å². The van der Waals surface area contributed by atoms with Crippen molar-refractivity contribution >= 4 is 7.60 Å². The van der Waals surface area contributed by atoms with Crippen molar-refractivity contribution in [2.75, 3.05) is 0 Å². The molecule has 0 unspecified atom stereocenters. The van der Waals surface area contributed by atoms with Gasteiger partial charge >= 0.3 is 7.60 Å². The summed E-state index contributed by atoms with van der Waals surface area (Å²) in [4.78, 5) is 17.0. The van der Waals surface area contributed by atoms with Gasteiger partial charge in [0.15, 0.2) is 0 Å². The van der Waals surface area contributed by atoms with Gasteiger partial charge in [0, 0.05) is 18.6 Å². The summed E-state index contributed by atoms with van der Waals surface area (Å²) >= 11 is 0. The molecule has 0 saturated carbocycles. The average Bonchev–Trinajstić information content (AvgIpc) is 2.13. The molecule has 0 fully saturated rings. The van der Waals surface area contributed by atoms with Crippen molar-refractivity contribution in [3.8, 4) is 0 Å². The van der Waals surface area contributed by atoms with Gasteiger partial charge in [0.05, 0.1) is 0 Å². The van der Waals surface area contributed by atoms with Crippen LogP contribution in [0.2, 0.25) is 0 Å². The van der Waals surface area contributed by atoms with E-state index < -0.39 is 7.60 Å². The third-order valence-corrected chi connectivity index (χ3v) is 2.07. The molecule has 0 aliphatic carbocycles. The molecule has 0 saturated heterocycles. The topological polar surface area (TPSA) is 69.6 Å². The summed E-state index contributed by atoms with van der Waals surface area (Å²) < 4.78 is 10.4. The minimum absolute atomic E-state index is 0.553. The second kappa shape index (κ2) is 4.96. The molecule has 4 nitrogen and oxygen atoms in total. The van der Waals surface area contributed by atoms with E-state index in [2.05, 4.69) is 5.32 Å². The fourth-order valence-electron chi connectivity index (χ4n) is 0.922. The highest BCUT2D eigenvalue weighted by Crippen LogP contribution is 2.35. The number of nitrogens with one attached hydrogen (secondary N) is 1. The zero-order valence-electron chi connectivity index (χ0n) is 7.50. The van der Waals surface area contributed by atoms with Crippen molar-refractivity contribution in [2.45, 2.75) is 6.54 Å². The van der Waals surface area contributed by atoms with Crippen LogP contribution in [0.3, 0.4) is 0 Å². The highest BCUT2D eigenvalue weighted by molar-refractivity contribution is 7.55.